The predicted molar refractivity (Wildman–Crippen MR) is 73.2 cm³/mol. The highest BCUT2D eigenvalue weighted by Gasteiger charge is 2.17. The quantitative estimate of drug-likeness (QED) is 0.899. The van der Waals surface area contributed by atoms with Crippen molar-refractivity contribution in [2.75, 3.05) is 0 Å². The summed E-state index contributed by atoms with van der Waals surface area (Å²) in [5, 5.41) is 9.16. The first-order valence-electron chi connectivity index (χ1n) is 5.96. The molecule has 4 heteroatoms. The molecule has 98 valence electrons. The zero-order chi connectivity index (χ0) is 14.2. The molecule has 0 saturated carbocycles. The van der Waals surface area contributed by atoms with Crippen molar-refractivity contribution in [2.24, 2.45) is 0 Å². The van der Waals surface area contributed by atoms with Gasteiger partial charge in [-0.2, -0.15) is 0 Å². The SMILES string of the molecule is Cc1ccccc1-n1c(C)cc(C)c(C(=O)O)c1=O. The number of carboxylic acids is 1. The van der Waals surface area contributed by atoms with Gasteiger partial charge in [0.1, 0.15) is 5.56 Å². The van der Waals surface area contributed by atoms with Crippen LogP contribution in [0.2, 0.25) is 0 Å². The van der Waals surface area contributed by atoms with Gasteiger partial charge in [0, 0.05) is 5.69 Å². The molecule has 0 radical (unpaired) electrons. The third-order valence-electron chi connectivity index (χ3n) is 3.16. The lowest BCUT2D eigenvalue weighted by molar-refractivity contribution is 0.0693. The Morgan fingerprint density at radius 1 is 1.11 bits per heavy atom. The van der Waals surface area contributed by atoms with Gasteiger partial charge in [-0.15, -0.1) is 0 Å². The number of carboxylic acid groups (broad SMARTS) is 1. The number of para-hydroxylation sites is 1. The molecule has 4 nitrogen and oxygen atoms in total. The fourth-order valence-electron chi connectivity index (χ4n) is 2.26. The van der Waals surface area contributed by atoms with E-state index in [1.807, 2.05) is 31.2 Å². The minimum Gasteiger partial charge on any atom is -0.477 e. The molecule has 1 N–H and O–H groups in total. The molecule has 0 amide bonds. The third-order valence-corrected chi connectivity index (χ3v) is 3.16. The Morgan fingerprint density at radius 3 is 2.32 bits per heavy atom. The smallest absolute Gasteiger partial charge is 0.341 e. The van der Waals surface area contributed by atoms with Crippen molar-refractivity contribution in [3.8, 4) is 5.69 Å². The number of rotatable bonds is 2. The second kappa shape index (κ2) is 4.72. The second-order valence-electron chi connectivity index (χ2n) is 4.58. The zero-order valence-corrected chi connectivity index (χ0v) is 11.1. The van der Waals surface area contributed by atoms with Gasteiger partial charge in [0.05, 0.1) is 5.69 Å². The number of benzene rings is 1. The summed E-state index contributed by atoms with van der Waals surface area (Å²) in [5.74, 6) is -1.19. The molecule has 0 atom stereocenters. The molecule has 1 aromatic heterocycles. The van der Waals surface area contributed by atoms with Crippen LogP contribution in [0.25, 0.3) is 5.69 Å². The van der Waals surface area contributed by atoms with Gasteiger partial charge in [0.2, 0.25) is 0 Å². The molecule has 0 saturated heterocycles. The highest BCUT2D eigenvalue weighted by atomic mass is 16.4. The normalized spacial score (nSPS) is 10.5. The molecule has 0 spiro atoms. The van der Waals surface area contributed by atoms with E-state index in [9.17, 15) is 9.59 Å². The molecule has 0 bridgehead atoms. The number of aromatic carboxylic acids is 1. The van der Waals surface area contributed by atoms with E-state index in [1.165, 1.54) is 4.57 Å². The van der Waals surface area contributed by atoms with E-state index in [2.05, 4.69) is 0 Å². The molecule has 0 aliphatic heterocycles. The maximum atomic E-state index is 12.4. The summed E-state index contributed by atoms with van der Waals surface area (Å²) in [6.07, 6.45) is 0. The zero-order valence-electron chi connectivity index (χ0n) is 11.1. The molecule has 2 aromatic rings. The third kappa shape index (κ3) is 2.17. The van der Waals surface area contributed by atoms with Gasteiger partial charge >= 0.3 is 5.97 Å². The van der Waals surface area contributed by atoms with Gasteiger partial charge in [-0.25, -0.2) is 4.79 Å². The Balaban J connectivity index is 2.86. The molecule has 2 rings (SSSR count). The van der Waals surface area contributed by atoms with Crippen LogP contribution >= 0.6 is 0 Å². The largest absolute Gasteiger partial charge is 0.477 e. The topological polar surface area (TPSA) is 59.3 Å². The highest BCUT2D eigenvalue weighted by molar-refractivity contribution is 5.89. The van der Waals surface area contributed by atoms with Crippen LogP contribution in [0.4, 0.5) is 0 Å². The van der Waals surface area contributed by atoms with E-state index < -0.39 is 11.5 Å². The van der Waals surface area contributed by atoms with E-state index in [0.717, 1.165) is 11.3 Å². The molecule has 0 aliphatic rings. The van der Waals surface area contributed by atoms with Crippen LogP contribution in [0.3, 0.4) is 0 Å². The lowest BCUT2D eigenvalue weighted by Crippen LogP contribution is -2.28. The van der Waals surface area contributed by atoms with Gasteiger partial charge in [0.15, 0.2) is 0 Å². The van der Waals surface area contributed by atoms with Gasteiger partial charge in [-0.3, -0.25) is 9.36 Å². The van der Waals surface area contributed by atoms with Crippen molar-refractivity contribution in [3.05, 3.63) is 63.1 Å². The number of hydrogen-bond acceptors (Lipinski definition) is 2. The number of aryl methyl sites for hydroxylation is 3. The summed E-state index contributed by atoms with van der Waals surface area (Å²) in [6, 6.07) is 9.13. The van der Waals surface area contributed by atoms with Crippen molar-refractivity contribution >= 4 is 5.97 Å². The Bertz CT molecular complexity index is 714. The number of pyridine rings is 1. The fourth-order valence-corrected chi connectivity index (χ4v) is 2.26. The maximum absolute atomic E-state index is 12.4. The van der Waals surface area contributed by atoms with Gasteiger partial charge in [-0.1, -0.05) is 18.2 Å². The van der Waals surface area contributed by atoms with Crippen molar-refractivity contribution in [2.45, 2.75) is 20.8 Å². The first-order chi connectivity index (χ1) is 8.93. The Morgan fingerprint density at radius 2 is 1.74 bits per heavy atom. The Labute approximate surface area is 110 Å². The summed E-state index contributed by atoms with van der Waals surface area (Å²) >= 11 is 0. The predicted octanol–water partition coefficient (Wildman–Crippen LogP) is 2.46. The Kier molecular flexibility index (Phi) is 3.25. The number of nitrogens with zero attached hydrogens (tertiary/aromatic N) is 1. The maximum Gasteiger partial charge on any atom is 0.341 e. The molecule has 0 aliphatic carbocycles. The van der Waals surface area contributed by atoms with Gasteiger partial charge < -0.3 is 5.11 Å². The van der Waals surface area contributed by atoms with Crippen molar-refractivity contribution in [1.29, 1.82) is 0 Å². The average molecular weight is 257 g/mol. The van der Waals surface area contributed by atoms with Crippen LogP contribution < -0.4 is 5.56 Å². The molecule has 0 unspecified atom stereocenters. The van der Waals surface area contributed by atoms with Crippen molar-refractivity contribution < 1.29 is 9.90 Å². The average Bonchev–Trinajstić information content (AvgIpc) is 2.30. The van der Waals surface area contributed by atoms with Crippen LogP contribution in [-0.2, 0) is 0 Å². The first kappa shape index (κ1) is 13.1. The molecule has 19 heavy (non-hydrogen) atoms. The van der Waals surface area contributed by atoms with Crippen molar-refractivity contribution in [3.63, 3.8) is 0 Å². The van der Waals surface area contributed by atoms with E-state index in [-0.39, 0.29) is 5.56 Å². The summed E-state index contributed by atoms with van der Waals surface area (Å²) in [6.45, 7) is 5.33. The minimum absolute atomic E-state index is 0.172. The fraction of sp³-hybridized carbons (Fsp3) is 0.200. The minimum atomic E-state index is -1.19. The number of aromatic nitrogens is 1. The van der Waals surface area contributed by atoms with E-state index >= 15 is 0 Å². The van der Waals surface area contributed by atoms with E-state index in [4.69, 9.17) is 5.11 Å². The molecule has 1 heterocycles. The summed E-state index contributed by atoms with van der Waals surface area (Å²) < 4.78 is 1.45. The van der Waals surface area contributed by atoms with Crippen LogP contribution in [0, 0.1) is 20.8 Å². The first-order valence-corrected chi connectivity index (χ1v) is 5.96. The van der Waals surface area contributed by atoms with Crippen molar-refractivity contribution in [1.82, 2.24) is 4.57 Å². The molecule has 1 aromatic carbocycles. The number of carbonyl (C=O) groups is 1. The van der Waals surface area contributed by atoms with Crippen LogP contribution in [0.1, 0.15) is 27.2 Å². The summed E-state index contributed by atoms with van der Waals surface area (Å²) in [7, 11) is 0. The lowest BCUT2D eigenvalue weighted by atomic mass is 10.1. The van der Waals surface area contributed by atoms with E-state index in [0.29, 0.717) is 11.3 Å². The molecular weight excluding hydrogens is 242 g/mol. The van der Waals surface area contributed by atoms with Gasteiger partial charge in [-0.05, 0) is 44.0 Å². The van der Waals surface area contributed by atoms with E-state index in [1.54, 1.807) is 19.9 Å². The standard InChI is InChI=1S/C15H15NO3/c1-9-6-4-5-7-12(9)16-11(3)8-10(2)13(14(16)17)15(18)19/h4-8H,1-3H3,(H,18,19). The van der Waals surface area contributed by atoms with Gasteiger partial charge in [0.25, 0.3) is 5.56 Å². The number of hydrogen-bond donors (Lipinski definition) is 1. The molecular formula is C15H15NO3. The van der Waals surface area contributed by atoms with Crippen LogP contribution in [0.5, 0.6) is 0 Å². The van der Waals surface area contributed by atoms with Crippen LogP contribution in [-0.4, -0.2) is 15.6 Å². The Hall–Kier alpha value is -2.36. The monoisotopic (exact) mass is 257 g/mol. The summed E-state index contributed by atoms with van der Waals surface area (Å²) in [5.41, 5.74) is 2.19. The molecule has 0 fully saturated rings. The highest BCUT2D eigenvalue weighted by Crippen LogP contribution is 2.15. The second-order valence-corrected chi connectivity index (χ2v) is 4.58. The lowest BCUT2D eigenvalue weighted by Gasteiger charge is -2.14. The summed E-state index contributed by atoms with van der Waals surface area (Å²) in [4.78, 5) is 23.6. The van der Waals surface area contributed by atoms with Crippen LogP contribution in [0.15, 0.2) is 35.1 Å².